The molecule has 2 aliphatic heterocycles. The summed E-state index contributed by atoms with van der Waals surface area (Å²) in [6, 6.07) is -3.65. The van der Waals surface area contributed by atoms with Gasteiger partial charge in [0.2, 0.25) is 23.6 Å². The smallest absolute Gasteiger partial charge is 0.308 e. The Morgan fingerprint density at radius 1 is 0.907 bits per heavy atom. The van der Waals surface area contributed by atoms with Crippen molar-refractivity contribution in [1.29, 1.82) is 0 Å². The summed E-state index contributed by atoms with van der Waals surface area (Å²) in [5.74, 6) is -1.67. The van der Waals surface area contributed by atoms with Crippen molar-refractivity contribution in [2.24, 2.45) is 17.8 Å². The maximum Gasteiger partial charge on any atom is 0.308 e. The zero-order valence-corrected chi connectivity index (χ0v) is 26.8. The fraction of sp³-hybridized carbons (Fsp3) is 0.742. The van der Waals surface area contributed by atoms with Gasteiger partial charge in [0.1, 0.15) is 24.2 Å². The number of esters is 1. The lowest BCUT2D eigenvalue weighted by atomic mass is 9.93. The third-order valence-electron chi connectivity index (χ3n) is 8.41. The van der Waals surface area contributed by atoms with E-state index in [1.807, 2.05) is 27.7 Å². The molecule has 0 spiro atoms. The molecule has 2 heterocycles. The van der Waals surface area contributed by atoms with Gasteiger partial charge < -0.3 is 30.1 Å². The highest BCUT2D eigenvalue weighted by atomic mass is 16.5. The number of hydrogen-bond acceptors (Lipinski definition) is 7. The Kier molecular flexibility index (Phi) is 13.0. The van der Waals surface area contributed by atoms with E-state index in [4.69, 9.17) is 11.2 Å². The Bertz CT molecular complexity index is 1100. The second kappa shape index (κ2) is 15.7. The van der Waals surface area contributed by atoms with Crippen LogP contribution in [0.3, 0.4) is 0 Å². The summed E-state index contributed by atoms with van der Waals surface area (Å²) < 4.78 is 5.43. The molecule has 0 aromatic rings. The minimum absolute atomic E-state index is 0.0861. The summed E-state index contributed by atoms with van der Waals surface area (Å²) in [4.78, 5) is 85.0. The summed E-state index contributed by atoms with van der Waals surface area (Å²) in [5, 5.41) is 5.57. The molecule has 0 aromatic carbocycles. The number of hydrogen-bond donors (Lipinski definition) is 2. The van der Waals surface area contributed by atoms with Crippen molar-refractivity contribution in [2.45, 2.75) is 104 Å². The number of nitrogens with zero attached hydrogens (tertiary/aromatic N) is 3. The highest BCUT2D eigenvalue weighted by Crippen LogP contribution is 2.23. The Labute approximate surface area is 255 Å². The normalized spacial score (nSPS) is 28.0. The predicted molar refractivity (Wildman–Crippen MR) is 160 cm³/mol. The Morgan fingerprint density at radius 2 is 1.51 bits per heavy atom. The van der Waals surface area contributed by atoms with Gasteiger partial charge in [-0.1, -0.05) is 48.0 Å². The minimum atomic E-state index is -1.29. The van der Waals surface area contributed by atoms with Gasteiger partial charge in [-0.2, -0.15) is 0 Å². The Hall–Kier alpha value is -3.62. The van der Waals surface area contributed by atoms with Crippen molar-refractivity contribution in [1.82, 2.24) is 25.3 Å². The first-order valence-corrected chi connectivity index (χ1v) is 15.2. The number of ether oxygens (including phenoxy) is 1. The summed E-state index contributed by atoms with van der Waals surface area (Å²) in [7, 11) is 3.06. The van der Waals surface area contributed by atoms with E-state index in [-0.39, 0.29) is 43.7 Å². The standard InChI is InChI=1S/C31H49N5O7/c1-10-13-22-29(40)36-17-12-14-21(36)27(38)33-24(20(7)11-2)30(41)35(9)26(19(5)6)31(42)34(8)25(18(3)4)28(39)32-16-15-23(37)43-22/h1,18-22,24-26H,11-17H2,2-9H3,(H,32,39)(H,33,38)/t20-,21-,22-,24-,25?,26?/m0/s1. The van der Waals surface area contributed by atoms with Gasteiger partial charge in [-0.3, -0.25) is 28.8 Å². The molecular formula is C31H49N5O7. The van der Waals surface area contributed by atoms with E-state index < -0.39 is 65.8 Å². The maximum atomic E-state index is 14.0. The third-order valence-corrected chi connectivity index (χ3v) is 8.41. The molecule has 0 saturated carbocycles. The highest BCUT2D eigenvalue weighted by molar-refractivity contribution is 5.96. The number of rotatable bonds is 5. The van der Waals surface area contributed by atoms with Gasteiger partial charge >= 0.3 is 5.97 Å². The highest BCUT2D eigenvalue weighted by Gasteiger charge is 2.43. The topological polar surface area (TPSA) is 145 Å². The van der Waals surface area contributed by atoms with E-state index in [0.717, 1.165) is 0 Å². The monoisotopic (exact) mass is 603 g/mol. The summed E-state index contributed by atoms with van der Waals surface area (Å²) in [6.45, 7) is 11.1. The van der Waals surface area contributed by atoms with Gasteiger partial charge in [0.25, 0.3) is 5.91 Å². The van der Waals surface area contributed by atoms with E-state index in [1.165, 1.54) is 28.8 Å². The van der Waals surface area contributed by atoms with E-state index in [9.17, 15) is 28.8 Å². The number of carbonyl (C=O) groups is 6. The van der Waals surface area contributed by atoms with Crippen LogP contribution in [-0.2, 0) is 33.5 Å². The van der Waals surface area contributed by atoms with Gasteiger partial charge in [-0.05, 0) is 30.6 Å². The van der Waals surface area contributed by atoms with Crippen LogP contribution in [0.5, 0.6) is 0 Å². The first-order valence-electron chi connectivity index (χ1n) is 15.2. The molecule has 240 valence electrons. The second-order valence-corrected chi connectivity index (χ2v) is 12.3. The molecule has 2 rings (SSSR count). The fourth-order valence-electron chi connectivity index (χ4n) is 5.84. The molecular weight excluding hydrogens is 554 g/mol. The van der Waals surface area contributed by atoms with Gasteiger partial charge in [0.05, 0.1) is 12.8 Å². The number of terminal acetylenes is 1. The van der Waals surface area contributed by atoms with Crippen LogP contribution in [0.1, 0.15) is 73.6 Å². The van der Waals surface area contributed by atoms with Crippen molar-refractivity contribution in [2.75, 3.05) is 27.2 Å². The van der Waals surface area contributed by atoms with E-state index in [2.05, 4.69) is 16.6 Å². The lowest BCUT2D eigenvalue weighted by Crippen LogP contribution is -2.61. The predicted octanol–water partition coefficient (Wildman–Crippen LogP) is 0.929. The number of carbonyl (C=O) groups excluding carboxylic acids is 6. The van der Waals surface area contributed by atoms with Gasteiger partial charge in [0, 0.05) is 27.2 Å². The summed E-state index contributed by atoms with van der Waals surface area (Å²) in [5.41, 5.74) is 0. The van der Waals surface area contributed by atoms with Crippen LogP contribution in [0.4, 0.5) is 0 Å². The largest absolute Gasteiger partial charge is 0.451 e. The van der Waals surface area contributed by atoms with Crippen molar-refractivity contribution in [3.05, 3.63) is 0 Å². The van der Waals surface area contributed by atoms with Crippen LogP contribution in [0.2, 0.25) is 0 Å². The first-order chi connectivity index (χ1) is 20.2. The van der Waals surface area contributed by atoms with Crippen molar-refractivity contribution < 1.29 is 33.5 Å². The molecule has 12 nitrogen and oxygen atoms in total. The van der Waals surface area contributed by atoms with Crippen LogP contribution in [-0.4, -0.2) is 108 Å². The number of cyclic esters (lactones) is 1. The van der Waals surface area contributed by atoms with Crippen LogP contribution in [0, 0.1) is 30.1 Å². The average molecular weight is 604 g/mol. The van der Waals surface area contributed by atoms with Gasteiger partial charge in [0.15, 0.2) is 6.10 Å². The first kappa shape index (κ1) is 35.6. The van der Waals surface area contributed by atoms with Crippen LogP contribution >= 0.6 is 0 Å². The van der Waals surface area contributed by atoms with Crippen molar-refractivity contribution >= 4 is 35.5 Å². The zero-order chi connectivity index (χ0) is 32.6. The molecule has 2 aliphatic rings. The van der Waals surface area contributed by atoms with Gasteiger partial charge in [-0.15, -0.1) is 12.3 Å². The molecule has 43 heavy (non-hydrogen) atoms. The molecule has 0 aliphatic carbocycles. The molecule has 2 unspecified atom stereocenters. The summed E-state index contributed by atoms with van der Waals surface area (Å²) in [6.07, 6.45) is 5.24. The number of likely N-dealkylation sites (N-methyl/N-ethyl adjacent to an activating group) is 2. The number of nitrogens with one attached hydrogen (secondary N) is 2. The SMILES string of the molecule is C#CC[C@@H]1OC(=O)CCNC(=O)C(C(C)C)N(C)C(=O)C(C(C)C)N(C)C(=O)[C@H]([C@@H](C)CC)NC(=O)[C@@H]2CCCN2C1=O. The lowest BCUT2D eigenvalue weighted by molar-refractivity contribution is -0.161. The molecule has 2 N–H and O–H groups in total. The van der Waals surface area contributed by atoms with E-state index >= 15 is 0 Å². The van der Waals surface area contributed by atoms with Crippen molar-refractivity contribution in [3.63, 3.8) is 0 Å². The summed E-state index contributed by atoms with van der Waals surface area (Å²) >= 11 is 0. The van der Waals surface area contributed by atoms with Crippen LogP contribution in [0.15, 0.2) is 0 Å². The molecule has 0 bridgehead atoms. The molecule has 12 heteroatoms. The minimum Gasteiger partial charge on any atom is -0.451 e. The molecule has 6 atom stereocenters. The van der Waals surface area contributed by atoms with Gasteiger partial charge in [-0.25, -0.2) is 0 Å². The number of amides is 5. The quantitative estimate of drug-likeness (QED) is 0.351. The van der Waals surface area contributed by atoms with Crippen LogP contribution in [0.25, 0.3) is 0 Å². The second-order valence-electron chi connectivity index (χ2n) is 12.3. The Balaban J connectivity index is 2.59. The number of fused-ring (bicyclic) bond motifs is 1. The maximum absolute atomic E-state index is 14.0. The average Bonchev–Trinajstić information content (AvgIpc) is 3.43. The van der Waals surface area contributed by atoms with E-state index in [1.54, 1.807) is 13.8 Å². The molecule has 5 amide bonds. The molecule has 2 saturated heterocycles. The van der Waals surface area contributed by atoms with Crippen molar-refractivity contribution in [3.8, 4) is 12.3 Å². The van der Waals surface area contributed by atoms with Crippen LogP contribution < -0.4 is 10.6 Å². The molecule has 0 radical (unpaired) electrons. The Morgan fingerprint density at radius 3 is 2.07 bits per heavy atom. The molecule has 0 aromatic heterocycles. The molecule has 2 fully saturated rings. The van der Waals surface area contributed by atoms with E-state index in [0.29, 0.717) is 19.3 Å². The fourth-order valence-corrected chi connectivity index (χ4v) is 5.84. The lowest BCUT2D eigenvalue weighted by Gasteiger charge is -2.39. The third kappa shape index (κ3) is 8.48. The zero-order valence-electron chi connectivity index (χ0n) is 26.8.